The average Bonchev–Trinajstić information content (AvgIpc) is 2.80. The first kappa shape index (κ1) is 27.0. The molecular formula is C25H24F6N4O. The number of aliphatic hydroxyl groups is 1. The molecule has 0 aliphatic carbocycles. The van der Waals surface area contributed by atoms with Crippen molar-refractivity contribution in [3.8, 4) is 0 Å². The number of benzene rings is 2. The number of nitrogens with zero attached hydrogens (tertiary/aromatic N) is 2. The Morgan fingerprint density at radius 3 is 2.17 bits per heavy atom. The molecule has 1 heterocycles. The number of halogens is 6. The van der Waals surface area contributed by atoms with E-state index in [9.17, 15) is 31.4 Å². The lowest BCUT2D eigenvalue weighted by Crippen LogP contribution is -2.25. The molecule has 0 spiro atoms. The maximum absolute atomic E-state index is 13.5. The number of alkyl halides is 6. The van der Waals surface area contributed by atoms with Gasteiger partial charge >= 0.3 is 12.4 Å². The van der Waals surface area contributed by atoms with Crippen LogP contribution >= 0.6 is 0 Å². The third kappa shape index (κ3) is 5.78. The standard InChI is InChI=1S/C25H24F6N4O/c1-4-5-18(25(29,30)31)20(32)14-6-11-17-19(12-14)34-22(23(2,3)13-36)35-21(17)33-16-9-7-15(8-10-16)24(26,27)28/h4-12,36H,13,32H2,1-3H3,(H,33,34,35)/b5-4-,20-18+. The Bertz CT molecular complexity index is 1310. The first-order valence-corrected chi connectivity index (χ1v) is 10.7. The number of aromatic nitrogens is 2. The van der Waals surface area contributed by atoms with Gasteiger partial charge in [-0.05, 0) is 43.3 Å². The summed E-state index contributed by atoms with van der Waals surface area (Å²) in [4.78, 5) is 8.89. The Hall–Kier alpha value is -3.60. The lowest BCUT2D eigenvalue weighted by atomic mass is 9.93. The number of rotatable bonds is 6. The molecule has 0 aliphatic heterocycles. The van der Waals surface area contributed by atoms with Crippen LogP contribution in [-0.2, 0) is 11.6 Å². The lowest BCUT2D eigenvalue weighted by Gasteiger charge is -2.22. The quantitative estimate of drug-likeness (QED) is 0.262. The Labute approximate surface area is 203 Å². The number of nitrogens with two attached hydrogens (primary N) is 1. The minimum absolute atomic E-state index is 0.0693. The van der Waals surface area contributed by atoms with Gasteiger partial charge in [-0.1, -0.05) is 32.1 Å². The van der Waals surface area contributed by atoms with Crippen LogP contribution in [0.15, 0.2) is 60.2 Å². The van der Waals surface area contributed by atoms with Gasteiger partial charge in [-0.2, -0.15) is 26.3 Å². The van der Waals surface area contributed by atoms with Crippen LogP contribution in [0.1, 0.15) is 37.7 Å². The molecule has 0 amide bonds. The second-order valence-electron chi connectivity index (χ2n) is 8.69. The highest BCUT2D eigenvalue weighted by molar-refractivity contribution is 5.93. The second kappa shape index (κ2) is 9.81. The molecule has 0 radical (unpaired) electrons. The van der Waals surface area contributed by atoms with Crippen molar-refractivity contribution in [3.05, 3.63) is 77.1 Å². The monoisotopic (exact) mass is 510 g/mol. The molecule has 0 aliphatic rings. The van der Waals surface area contributed by atoms with Crippen molar-refractivity contribution >= 4 is 28.1 Å². The number of anilines is 2. The van der Waals surface area contributed by atoms with Crippen LogP contribution in [0.2, 0.25) is 0 Å². The number of nitrogens with one attached hydrogen (secondary N) is 1. The summed E-state index contributed by atoms with van der Waals surface area (Å²) >= 11 is 0. The van der Waals surface area contributed by atoms with Crippen molar-refractivity contribution in [1.82, 2.24) is 9.97 Å². The Kier molecular flexibility index (Phi) is 7.35. The largest absolute Gasteiger partial charge is 0.418 e. The topological polar surface area (TPSA) is 84.1 Å². The van der Waals surface area contributed by atoms with Crippen molar-refractivity contribution in [2.75, 3.05) is 11.9 Å². The van der Waals surface area contributed by atoms with E-state index in [1.165, 1.54) is 43.3 Å². The molecule has 0 fully saturated rings. The van der Waals surface area contributed by atoms with Crippen LogP contribution in [-0.4, -0.2) is 27.9 Å². The zero-order valence-electron chi connectivity index (χ0n) is 19.6. The van der Waals surface area contributed by atoms with E-state index in [-0.39, 0.29) is 29.3 Å². The fourth-order valence-electron chi connectivity index (χ4n) is 3.30. The first-order chi connectivity index (χ1) is 16.7. The normalized spacial score (nSPS) is 13.8. The third-order valence-electron chi connectivity index (χ3n) is 5.41. The second-order valence-corrected chi connectivity index (χ2v) is 8.69. The average molecular weight is 510 g/mol. The zero-order valence-corrected chi connectivity index (χ0v) is 19.6. The summed E-state index contributed by atoms with van der Waals surface area (Å²) in [5.41, 5.74) is 3.22. The molecule has 0 unspecified atom stereocenters. The van der Waals surface area contributed by atoms with E-state index in [4.69, 9.17) is 5.73 Å². The number of aliphatic hydroxyl groups excluding tert-OH is 1. The molecule has 1 aromatic heterocycles. The van der Waals surface area contributed by atoms with E-state index >= 15 is 0 Å². The maximum atomic E-state index is 13.5. The van der Waals surface area contributed by atoms with Crippen LogP contribution in [0, 0.1) is 0 Å². The van der Waals surface area contributed by atoms with Gasteiger partial charge in [0, 0.05) is 22.1 Å². The summed E-state index contributed by atoms with van der Waals surface area (Å²) < 4.78 is 79.2. The predicted molar refractivity (Wildman–Crippen MR) is 126 cm³/mol. The fraction of sp³-hybridized carbons (Fsp3) is 0.280. The molecule has 2 aromatic carbocycles. The summed E-state index contributed by atoms with van der Waals surface area (Å²) in [6, 6.07) is 8.51. The van der Waals surface area contributed by atoms with E-state index in [1.807, 2.05) is 0 Å². The number of fused-ring (bicyclic) bond motifs is 1. The van der Waals surface area contributed by atoms with E-state index in [1.54, 1.807) is 13.8 Å². The molecule has 0 saturated heterocycles. The molecule has 0 saturated carbocycles. The number of hydrogen-bond acceptors (Lipinski definition) is 5. The van der Waals surface area contributed by atoms with Crippen molar-refractivity contribution in [3.63, 3.8) is 0 Å². The van der Waals surface area contributed by atoms with Gasteiger partial charge in [0.2, 0.25) is 0 Å². The lowest BCUT2D eigenvalue weighted by molar-refractivity contribution is -0.137. The third-order valence-corrected chi connectivity index (χ3v) is 5.41. The molecule has 3 aromatic rings. The van der Waals surface area contributed by atoms with Crippen LogP contribution in [0.25, 0.3) is 16.6 Å². The summed E-state index contributed by atoms with van der Waals surface area (Å²) in [7, 11) is 0. The van der Waals surface area contributed by atoms with Crippen molar-refractivity contribution in [1.29, 1.82) is 0 Å². The molecule has 0 bridgehead atoms. The van der Waals surface area contributed by atoms with Crippen LogP contribution in [0.4, 0.5) is 37.8 Å². The van der Waals surface area contributed by atoms with Gasteiger partial charge in [-0.25, -0.2) is 9.97 Å². The van der Waals surface area contributed by atoms with Gasteiger partial charge in [0.1, 0.15) is 11.6 Å². The van der Waals surface area contributed by atoms with Gasteiger partial charge in [0.05, 0.1) is 29.0 Å². The highest BCUT2D eigenvalue weighted by Gasteiger charge is 2.34. The summed E-state index contributed by atoms with van der Waals surface area (Å²) in [6.07, 6.45) is -7.08. The van der Waals surface area contributed by atoms with E-state index < -0.39 is 34.6 Å². The minimum Gasteiger partial charge on any atom is -0.398 e. The highest BCUT2D eigenvalue weighted by atomic mass is 19.4. The molecule has 5 nitrogen and oxygen atoms in total. The van der Waals surface area contributed by atoms with E-state index in [2.05, 4.69) is 15.3 Å². The van der Waals surface area contributed by atoms with Gasteiger partial charge in [-0.3, -0.25) is 0 Å². The fourth-order valence-corrected chi connectivity index (χ4v) is 3.30. The van der Waals surface area contributed by atoms with Gasteiger partial charge in [-0.15, -0.1) is 0 Å². The van der Waals surface area contributed by atoms with Gasteiger partial charge < -0.3 is 16.2 Å². The van der Waals surface area contributed by atoms with Crippen LogP contribution < -0.4 is 11.1 Å². The predicted octanol–water partition coefficient (Wildman–Crippen LogP) is 6.47. The SMILES string of the molecule is C/C=C\C(=C(/N)c1ccc2c(Nc3ccc(C(F)(F)F)cc3)nc(C(C)(C)CO)nc2c1)C(F)(F)F. The summed E-state index contributed by atoms with van der Waals surface area (Å²) in [5, 5.41) is 13.1. The van der Waals surface area contributed by atoms with Crippen molar-refractivity contribution in [2.45, 2.75) is 38.5 Å². The van der Waals surface area contributed by atoms with Crippen molar-refractivity contribution in [2.24, 2.45) is 5.73 Å². The van der Waals surface area contributed by atoms with Crippen molar-refractivity contribution < 1.29 is 31.4 Å². The smallest absolute Gasteiger partial charge is 0.398 e. The molecule has 11 heteroatoms. The van der Waals surface area contributed by atoms with Gasteiger partial charge in [0.15, 0.2) is 0 Å². The Morgan fingerprint density at radius 2 is 1.64 bits per heavy atom. The molecule has 36 heavy (non-hydrogen) atoms. The zero-order chi connectivity index (χ0) is 26.9. The number of hydrogen-bond donors (Lipinski definition) is 3. The Morgan fingerprint density at radius 1 is 1.00 bits per heavy atom. The summed E-state index contributed by atoms with van der Waals surface area (Å²) in [6.45, 7) is 4.44. The first-order valence-electron chi connectivity index (χ1n) is 10.7. The summed E-state index contributed by atoms with van der Waals surface area (Å²) in [5.74, 6) is 0.381. The van der Waals surface area contributed by atoms with Gasteiger partial charge in [0.25, 0.3) is 0 Å². The molecular weight excluding hydrogens is 486 g/mol. The minimum atomic E-state index is -4.68. The molecule has 192 valence electrons. The molecule has 4 N–H and O–H groups in total. The molecule has 3 rings (SSSR count). The van der Waals surface area contributed by atoms with Crippen LogP contribution in [0.5, 0.6) is 0 Å². The molecule has 0 atom stereocenters. The number of allylic oxidation sites excluding steroid dienone is 3. The highest BCUT2D eigenvalue weighted by Crippen LogP contribution is 2.35. The Balaban J connectivity index is 2.18. The van der Waals surface area contributed by atoms with E-state index in [0.29, 0.717) is 11.1 Å². The maximum Gasteiger partial charge on any atom is 0.418 e. The van der Waals surface area contributed by atoms with E-state index in [0.717, 1.165) is 18.2 Å². The van der Waals surface area contributed by atoms with Crippen LogP contribution in [0.3, 0.4) is 0 Å².